The van der Waals surface area contributed by atoms with Crippen molar-refractivity contribution in [2.45, 2.75) is 83.1 Å². The van der Waals surface area contributed by atoms with Crippen LogP contribution in [0.1, 0.15) is 63.9 Å². The minimum Gasteiger partial charge on any atom is -0.474 e. The van der Waals surface area contributed by atoms with Gasteiger partial charge in [-0.25, -0.2) is 4.98 Å². The zero-order valence-electron chi connectivity index (χ0n) is 19.8. The first-order valence-electron chi connectivity index (χ1n) is 12.5. The van der Waals surface area contributed by atoms with Crippen LogP contribution in [0.4, 0.5) is 0 Å². The highest BCUT2D eigenvalue weighted by molar-refractivity contribution is 5.79. The van der Waals surface area contributed by atoms with Gasteiger partial charge >= 0.3 is 0 Å². The van der Waals surface area contributed by atoms with Gasteiger partial charge in [-0.3, -0.25) is 4.99 Å². The van der Waals surface area contributed by atoms with Crippen LogP contribution >= 0.6 is 0 Å². The molecule has 0 radical (unpaired) electrons. The van der Waals surface area contributed by atoms with Gasteiger partial charge in [-0.05, 0) is 68.9 Å². The Hall–Kier alpha value is -1.86. The normalized spacial score (nSPS) is 27.5. The number of nitrogens with one attached hydrogen (secondary N) is 1. The van der Waals surface area contributed by atoms with Gasteiger partial charge in [-0.1, -0.05) is 6.92 Å². The summed E-state index contributed by atoms with van der Waals surface area (Å²) in [6.45, 7) is 6.59. The minimum atomic E-state index is 0.304. The largest absolute Gasteiger partial charge is 0.474 e. The number of hydrogen-bond donors (Lipinski definition) is 1. The summed E-state index contributed by atoms with van der Waals surface area (Å²) in [5, 5.41) is 3.52. The maximum atomic E-state index is 6.16. The number of likely N-dealkylation sites (tertiary alicyclic amines) is 1. The molecule has 7 nitrogen and oxygen atoms in total. The molecule has 1 saturated carbocycles. The van der Waals surface area contributed by atoms with Crippen molar-refractivity contribution in [3.63, 3.8) is 0 Å². The van der Waals surface area contributed by atoms with E-state index in [0.717, 1.165) is 81.7 Å². The lowest BCUT2D eigenvalue weighted by Gasteiger charge is -2.34. The Bertz CT molecular complexity index is 722. The lowest BCUT2D eigenvalue weighted by molar-refractivity contribution is -0.0367. The van der Waals surface area contributed by atoms with Crippen LogP contribution in [0.5, 0.6) is 5.88 Å². The molecule has 0 aromatic carbocycles. The second-order valence-electron chi connectivity index (χ2n) is 9.56. The molecular formula is C25H40N4O3. The number of ether oxygens (including phenoxy) is 3. The highest BCUT2D eigenvalue weighted by atomic mass is 16.5. The molecule has 2 aliphatic heterocycles. The van der Waals surface area contributed by atoms with E-state index in [1.165, 1.54) is 19.3 Å². The molecule has 4 rings (SSSR count). The molecule has 1 aliphatic carbocycles. The van der Waals surface area contributed by atoms with Crippen LogP contribution in [0.2, 0.25) is 0 Å². The number of nitrogens with zero attached hydrogens (tertiary/aromatic N) is 3. The van der Waals surface area contributed by atoms with Crippen LogP contribution in [-0.4, -0.2) is 67.5 Å². The number of aliphatic imine (C=N–C) groups is 1. The standard InChI is InChI=1S/C25H40N4O3/c1-19-5-7-22(8-6-19)32-24-16-20(9-12-27-24)17-28-25(26-2)29-13-10-21(11-14-29)31-18-23-4-3-15-30-23/h9,12,16,19,21-23H,3-8,10-11,13-15,17-18H2,1-2H3,(H,26,28). The summed E-state index contributed by atoms with van der Waals surface area (Å²) in [5.41, 5.74) is 1.16. The Morgan fingerprint density at radius 1 is 1.16 bits per heavy atom. The van der Waals surface area contributed by atoms with E-state index in [4.69, 9.17) is 14.2 Å². The summed E-state index contributed by atoms with van der Waals surface area (Å²) < 4.78 is 17.9. The Kier molecular flexibility index (Phi) is 8.62. The first-order chi connectivity index (χ1) is 15.7. The van der Waals surface area contributed by atoms with Crippen molar-refractivity contribution in [3.05, 3.63) is 23.9 Å². The average molecular weight is 445 g/mol. The molecule has 1 unspecified atom stereocenters. The first-order valence-corrected chi connectivity index (χ1v) is 12.5. The number of hydrogen-bond acceptors (Lipinski definition) is 5. The third kappa shape index (κ3) is 6.82. The van der Waals surface area contributed by atoms with Crippen molar-refractivity contribution in [2.24, 2.45) is 10.9 Å². The zero-order chi connectivity index (χ0) is 22.2. The van der Waals surface area contributed by atoms with E-state index in [1.54, 1.807) is 0 Å². The van der Waals surface area contributed by atoms with Crippen molar-refractivity contribution in [2.75, 3.05) is 33.4 Å². The molecule has 0 bridgehead atoms. The smallest absolute Gasteiger partial charge is 0.213 e. The number of guanidine groups is 1. The summed E-state index contributed by atoms with van der Waals surface area (Å²) in [5.74, 6) is 2.51. The number of piperidine rings is 1. The summed E-state index contributed by atoms with van der Waals surface area (Å²) in [4.78, 5) is 11.3. The van der Waals surface area contributed by atoms with Crippen molar-refractivity contribution in [1.29, 1.82) is 0 Å². The molecule has 7 heteroatoms. The van der Waals surface area contributed by atoms with E-state index in [9.17, 15) is 0 Å². The van der Waals surface area contributed by atoms with Crippen LogP contribution in [0.25, 0.3) is 0 Å². The summed E-state index contributed by atoms with van der Waals surface area (Å²) in [6, 6.07) is 4.10. The Balaban J connectivity index is 1.20. The van der Waals surface area contributed by atoms with Gasteiger partial charge in [0.1, 0.15) is 6.10 Å². The highest BCUT2D eigenvalue weighted by Crippen LogP contribution is 2.26. The van der Waals surface area contributed by atoms with E-state index in [2.05, 4.69) is 33.2 Å². The van der Waals surface area contributed by atoms with Crippen LogP contribution in [0.15, 0.2) is 23.3 Å². The summed E-state index contributed by atoms with van der Waals surface area (Å²) in [6.07, 6.45) is 11.9. The monoisotopic (exact) mass is 444 g/mol. The molecule has 32 heavy (non-hydrogen) atoms. The molecule has 1 atom stereocenters. The Labute approximate surface area is 192 Å². The van der Waals surface area contributed by atoms with Gasteiger partial charge in [-0.2, -0.15) is 0 Å². The lowest BCUT2D eigenvalue weighted by Crippen LogP contribution is -2.47. The van der Waals surface area contributed by atoms with Gasteiger partial charge in [0.15, 0.2) is 5.96 Å². The fraction of sp³-hybridized carbons (Fsp3) is 0.760. The predicted octanol–water partition coefficient (Wildman–Crippen LogP) is 3.77. The molecule has 0 spiro atoms. The number of pyridine rings is 1. The number of rotatable bonds is 7. The van der Waals surface area contributed by atoms with Crippen molar-refractivity contribution >= 4 is 5.96 Å². The molecule has 0 amide bonds. The molecular weight excluding hydrogens is 404 g/mol. The van der Waals surface area contributed by atoms with Crippen LogP contribution < -0.4 is 10.1 Å². The van der Waals surface area contributed by atoms with Crippen molar-refractivity contribution < 1.29 is 14.2 Å². The molecule has 3 heterocycles. The van der Waals surface area contributed by atoms with Gasteiger partial charge < -0.3 is 24.4 Å². The quantitative estimate of drug-likeness (QED) is 0.510. The molecule has 3 aliphatic rings. The van der Waals surface area contributed by atoms with Gasteiger partial charge in [0.25, 0.3) is 0 Å². The average Bonchev–Trinajstić information content (AvgIpc) is 3.34. The molecule has 1 N–H and O–H groups in total. The van der Waals surface area contributed by atoms with E-state index in [1.807, 2.05) is 19.3 Å². The summed E-state index contributed by atoms with van der Waals surface area (Å²) >= 11 is 0. The van der Waals surface area contributed by atoms with E-state index < -0.39 is 0 Å². The van der Waals surface area contributed by atoms with E-state index >= 15 is 0 Å². The van der Waals surface area contributed by atoms with E-state index in [0.29, 0.717) is 24.9 Å². The van der Waals surface area contributed by atoms with Gasteiger partial charge in [0.05, 0.1) is 18.8 Å². The second kappa shape index (κ2) is 11.8. The molecule has 3 fully saturated rings. The maximum Gasteiger partial charge on any atom is 0.213 e. The highest BCUT2D eigenvalue weighted by Gasteiger charge is 2.24. The first kappa shape index (κ1) is 23.3. The van der Waals surface area contributed by atoms with Gasteiger partial charge in [0, 0.05) is 45.6 Å². The van der Waals surface area contributed by atoms with Crippen molar-refractivity contribution in [1.82, 2.24) is 15.2 Å². The SMILES string of the molecule is CN=C(NCc1ccnc(OC2CCC(C)CC2)c1)N1CCC(OCC2CCCO2)CC1. The fourth-order valence-electron chi connectivity index (χ4n) is 4.91. The zero-order valence-corrected chi connectivity index (χ0v) is 19.8. The summed E-state index contributed by atoms with van der Waals surface area (Å²) in [7, 11) is 1.85. The molecule has 1 aromatic heterocycles. The van der Waals surface area contributed by atoms with Crippen LogP contribution in [0.3, 0.4) is 0 Å². The van der Waals surface area contributed by atoms with Crippen molar-refractivity contribution in [3.8, 4) is 5.88 Å². The third-order valence-electron chi connectivity index (χ3n) is 7.00. The van der Waals surface area contributed by atoms with Crippen LogP contribution in [0, 0.1) is 5.92 Å². The molecule has 2 saturated heterocycles. The predicted molar refractivity (Wildman–Crippen MR) is 126 cm³/mol. The van der Waals surface area contributed by atoms with Gasteiger partial charge in [-0.15, -0.1) is 0 Å². The third-order valence-corrected chi connectivity index (χ3v) is 7.00. The molecule has 178 valence electrons. The minimum absolute atomic E-state index is 0.304. The Morgan fingerprint density at radius 3 is 2.69 bits per heavy atom. The topological polar surface area (TPSA) is 68.2 Å². The van der Waals surface area contributed by atoms with Gasteiger partial charge in [0.2, 0.25) is 5.88 Å². The van der Waals surface area contributed by atoms with Crippen LogP contribution in [-0.2, 0) is 16.0 Å². The Morgan fingerprint density at radius 2 is 1.97 bits per heavy atom. The van der Waals surface area contributed by atoms with E-state index in [-0.39, 0.29) is 0 Å². The second-order valence-corrected chi connectivity index (χ2v) is 9.56. The number of aromatic nitrogens is 1. The maximum absolute atomic E-state index is 6.16. The molecule has 1 aromatic rings. The fourth-order valence-corrected chi connectivity index (χ4v) is 4.91. The lowest BCUT2D eigenvalue weighted by atomic mass is 9.89.